The van der Waals surface area contributed by atoms with Gasteiger partial charge in [-0.05, 0) is 93.4 Å². The molecule has 0 unspecified atom stereocenters. The highest BCUT2D eigenvalue weighted by atomic mass is 32.2. The summed E-state index contributed by atoms with van der Waals surface area (Å²) in [7, 11) is -4.04. The van der Waals surface area contributed by atoms with Gasteiger partial charge in [0.05, 0.1) is 16.8 Å². The van der Waals surface area contributed by atoms with E-state index in [4.69, 9.17) is 4.74 Å². The van der Waals surface area contributed by atoms with Crippen LogP contribution in [0.25, 0.3) is 0 Å². The quantitative estimate of drug-likeness (QED) is 0.180. The van der Waals surface area contributed by atoms with Crippen LogP contribution in [0, 0.1) is 27.7 Å². The summed E-state index contributed by atoms with van der Waals surface area (Å²) in [6.07, 6.45) is 1.43. The Hall–Kier alpha value is -4.96. The van der Waals surface area contributed by atoms with E-state index in [9.17, 15) is 18.0 Å². The first-order valence-electron chi connectivity index (χ1n) is 13.6. The number of rotatable bonds is 11. The molecule has 0 fully saturated rings. The lowest BCUT2D eigenvalue weighted by molar-refractivity contribution is -0.119. The summed E-state index contributed by atoms with van der Waals surface area (Å²) < 4.78 is 33.9. The fraction of sp³-hybridized carbons (Fsp3) is 0.182. The summed E-state index contributed by atoms with van der Waals surface area (Å²) in [5.41, 5.74) is 7.91. The molecular formula is C33H34N4O5S. The molecule has 0 aromatic heterocycles. The highest BCUT2D eigenvalue weighted by molar-refractivity contribution is 7.92. The number of nitrogens with zero attached hydrogens (tertiary/aromatic N) is 2. The van der Waals surface area contributed by atoms with Crippen molar-refractivity contribution in [3.05, 3.63) is 119 Å². The van der Waals surface area contributed by atoms with E-state index in [1.807, 2.05) is 51.1 Å². The highest BCUT2D eigenvalue weighted by Crippen LogP contribution is 2.27. The zero-order valence-electron chi connectivity index (χ0n) is 24.5. The molecule has 4 aromatic rings. The lowest BCUT2D eigenvalue weighted by Gasteiger charge is -2.25. The zero-order chi connectivity index (χ0) is 31.0. The Bertz CT molecular complexity index is 1720. The third-order valence-corrected chi connectivity index (χ3v) is 8.28. The number of hydrogen-bond acceptors (Lipinski definition) is 6. The molecule has 0 saturated carbocycles. The van der Waals surface area contributed by atoms with Crippen LogP contribution >= 0.6 is 0 Å². The van der Waals surface area contributed by atoms with Gasteiger partial charge in [0.15, 0.2) is 6.61 Å². The van der Waals surface area contributed by atoms with Gasteiger partial charge < -0.3 is 10.1 Å². The van der Waals surface area contributed by atoms with Crippen molar-refractivity contribution in [1.82, 2.24) is 5.43 Å². The number of ether oxygens (including phenoxy) is 1. The molecule has 43 heavy (non-hydrogen) atoms. The van der Waals surface area contributed by atoms with E-state index in [1.54, 1.807) is 55.5 Å². The van der Waals surface area contributed by atoms with Crippen molar-refractivity contribution < 1.29 is 22.7 Å². The second kappa shape index (κ2) is 13.8. The lowest BCUT2D eigenvalue weighted by Crippen LogP contribution is -2.40. The summed E-state index contributed by atoms with van der Waals surface area (Å²) in [4.78, 5) is 25.1. The summed E-state index contributed by atoms with van der Waals surface area (Å²) in [5.74, 6) is -0.395. The fourth-order valence-corrected chi connectivity index (χ4v) is 5.69. The number of carbonyl (C=O) groups excluding carboxylic acids is 2. The Morgan fingerprint density at radius 1 is 0.791 bits per heavy atom. The molecule has 222 valence electrons. The number of nitrogens with one attached hydrogen (secondary N) is 2. The van der Waals surface area contributed by atoms with E-state index in [-0.39, 0.29) is 17.4 Å². The monoisotopic (exact) mass is 598 g/mol. The normalized spacial score (nSPS) is 11.3. The first-order valence-corrected chi connectivity index (χ1v) is 15.0. The summed E-state index contributed by atoms with van der Waals surface area (Å²) >= 11 is 0. The molecule has 0 aliphatic carbocycles. The van der Waals surface area contributed by atoms with Gasteiger partial charge in [0.25, 0.3) is 21.8 Å². The number of anilines is 2. The van der Waals surface area contributed by atoms with Crippen LogP contribution in [-0.2, 0) is 19.6 Å². The number of hydrazone groups is 1. The molecule has 2 amide bonds. The van der Waals surface area contributed by atoms with Crippen molar-refractivity contribution in [2.75, 3.05) is 22.8 Å². The minimum atomic E-state index is -4.04. The Morgan fingerprint density at radius 3 is 2.02 bits per heavy atom. The molecular weight excluding hydrogens is 564 g/mol. The second-order valence-corrected chi connectivity index (χ2v) is 12.0. The van der Waals surface area contributed by atoms with Crippen LogP contribution in [-0.4, -0.2) is 39.6 Å². The van der Waals surface area contributed by atoms with E-state index < -0.39 is 22.5 Å². The molecule has 4 rings (SSSR count). The molecule has 0 atom stereocenters. The van der Waals surface area contributed by atoms with Crippen LogP contribution in [0.5, 0.6) is 5.75 Å². The first kappa shape index (κ1) is 31.0. The molecule has 9 nitrogen and oxygen atoms in total. The van der Waals surface area contributed by atoms with Crippen molar-refractivity contribution >= 4 is 39.4 Å². The van der Waals surface area contributed by atoms with Crippen LogP contribution in [0.3, 0.4) is 0 Å². The van der Waals surface area contributed by atoms with Crippen LogP contribution in [0.4, 0.5) is 11.4 Å². The van der Waals surface area contributed by atoms with Crippen LogP contribution in [0.2, 0.25) is 0 Å². The Kier molecular flexibility index (Phi) is 9.95. The van der Waals surface area contributed by atoms with Gasteiger partial charge in [-0.2, -0.15) is 5.10 Å². The van der Waals surface area contributed by atoms with Gasteiger partial charge >= 0.3 is 0 Å². The Balaban J connectivity index is 1.37. The minimum absolute atomic E-state index is 0.0873. The van der Waals surface area contributed by atoms with Crippen molar-refractivity contribution in [2.45, 2.75) is 32.6 Å². The Labute approximate surface area is 252 Å². The maximum absolute atomic E-state index is 13.6. The van der Waals surface area contributed by atoms with Crippen molar-refractivity contribution in [3.8, 4) is 5.75 Å². The number of hydrogen-bond donors (Lipinski definition) is 2. The second-order valence-electron chi connectivity index (χ2n) is 10.2. The topological polar surface area (TPSA) is 117 Å². The molecule has 0 radical (unpaired) electrons. The maximum atomic E-state index is 13.6. The van der Waals surface area contributed by atoms with E-state index in [0.717, 1.165) is 26.6 Å². The largest absolute Gasteiger partial charge is 0.484 e. The maximum Gasteiger partial charge on any atom is 0.264 e. The smallest absolute Gasteiger partial charge is 0.264 e. The van der Waals surface area contributed by atoms with E-state index in [0.29, 0.717) is 22.7 Å². The predicted molar refractivity (Wildman–Crippen MR) is 169 cm³/mol. The van der Waals surface area contributed by atoms with Gasteiger partial charge in [-0.15, -0.1) is 0 Å². The number of amides is 2. The van der Waals surface area contributed by atoms with Gasteiger partial charge in [-0.25, -0.2) is 13.8 Å². The van der Waals surface area contributed by atoms with Crippen molar-refractivity contribution in [1.29, 1.82) is 0 Å². The molecule has 0 heterocycles. The summed E-state index contributed by atoms with van der Waals surface area (Å²) in [5, 5.41) is 6.77. The first-order chi connectivity index (χ1) is 20.5. The highest BCUT2D eigenvalue weighted by Gasteiger charge is 2.28. The lowest BCUT2D eigenvalue weighted by atomic mass is 10.1. The molecule has 0 aliphatic rings. The predicted octanol–water partition coefficient (Wildman–Crippen LogP) is 5.28. The third kappa shape index (κ3) is 8.52. The molecule has 0 saturated heterocycles. The van der Waals surface area contributed by atoms with Crippen LogP contribution < -0.4 is 19.8 Å². The Morgan fingerprint density at radius 2 is 1.40 bits per heavy atom. The van der Waals surface area contributed by atoms with Crippen molar-refractivity contribution in [3.63, 3.8) is 0 Å². The van der Waals surface area contributed by atoms with Gasteiger partial charge in [0.1, 0.15) is 12.3 Å². The van der Waals surface area contributed by atoms with E-state index in [1.165, 1.54) is 18.3 Å². The number of aryl methyl sites for hydroxylation is 4. The molecule has 2 N–H and O–H groups in total. The molecule has 4 aromatic carbocycles. The molecule has 0 bridgehead atoms. The van der Waals surface area contributed by atoms with Crippen molar-refractivity contribution in [2.24, 2.45) is 5.10 Å². The van der Waals surface area contributed by atoms with Gasteiger partial charge in [0, 0.05) is 5.69 Å². The van der Waals surface area contributed by atoms with E-state index in [2.05, 4.69) is 15.8 Å². The minimum Gasteiger partial charge on any atom is -0.484 e. The summed E-state index contributed by atoms with van der Waals surface area (Å²) in [6.45, 7) is 6.95. The standard InChI is InChI=1S/C33H34N4O5S/c1-23-5-12-28(13-6-23)35-33(39)22-42-29-14-10-27(11-15-29)20-34-36-32(38)21-37(31-18-9-25(3)19-26(31)4)43(40,41)30-16-7-24(2)8-17-30/h5-20H,21-22H2,1-4H3,(H,35,39)(H,36,38)/b34-20-. The number of sulfonamides is 1. The van der Waals surface area contributed by atoms with E-state index >= 15 is 0 Å². The SMILES string of the molecule is Cc1ccc(NC(=O)COc2ccc(/C=N\NC(=O)CN(c3ccc(C)cc3C)S(=O)(=O)c3ccc(C)cc3)cc2)cc1. The average Bonchev–Trinajstić information content (AvgIpc) is 2.97. The number of benzene rings is 4. The molecule has 10 heteroatoms. The van der Waals surface area contributed by atoms with Gasteiger partial charge in [0.2, 0.25) is 0 Å². The van der Waals surface area contributed by atoms with Crippen LogP contribution in [0.1, 0.15) is 27.8 Å². The van der Waals surface area contributed by atoms with Crippen LogP contribution in [0.15, 0.2) is 101 Å². The fourth-order valence-electron chi connectivity index (χ4n) is 4.20. The third-order valence-electron chi connectivity index (χ3n) is 6.51. The average molecular weight is 599 g/mol. The van der Waals surface area contributed by atoms with Gasteiger partial charge in [-0.1, -0.05) is 53.1 Å². The molecule has 0 aliphatic heterocycles. The number of carbonyl (C=O) groups is 2. The van der Waals surface area contributed by atoms with Gasteiger partial charge in [-0.3, -0.25) is 13.9 Å². The zero-order valence-corrected chi connectivity index (χ0v) is 25.3. The molecule has 0 spiro atoms. The summed E-state index contributed by atoms with van der Waals surface area (Å²) in [6, 6.07) is 26.1.